The maximum absolute atomic E-state index is 3.64. The van der Waals surface area contributed by atoms with Crippen LogP contribution in [0, 0.1) is 6.92 Å². The highest BCUT2D eigenvalue weighted by atomic mass is 32.2. The fourth-order valence-corrected chi connectivity index (χ4v) is 2.43. The smallest absolute Gasteiger partial charge is 0.0294 e. The Morgan fingerprint density at radius 3 is 2.69 bits per heavy atom. The van der Waals surface area contributed by atoms with E-state index in [1.807, 2.05) is 11.8 Å². The van der Waals surface area contributed by atoms with Crippen LogP contribution in [0.1, 0.15) is 37.4 Å². The zero-order valence-electron chi connectivity index (χ0n) is 10.8. The fraction of sp³-hybridized carbons (Fsp3) is 0.571. The topological polar surface area (TPSA) is 12.0 Å². The van der Waals surface area contributed by atoms with Crippen LogP contribution in [0.15, 0.2) is 24.3 Å². The second-order valence-electron chi connectivity index (χ2n) is 4.49. The van der Waals surface area contributed by atoms with Crippen LogP contribution in [-0.2, 0) is 0 Å². The van der Waals surface area contributed by atoms with E-state index < -0.39 is 0 Å². The Hall–Kier alpha value is -0.470. The maximum atomic E-state index is 3.64. The second-order valence-corrected chi connectivity index (χ2v) is 5.47. The normalized spacial score (nSPS) is 14.8. The summed E-state index contributed by atoms with van der Waals surface area (Å²) in [7, 11) is 0. The van der Waals surface area contributed by atoms with Crippen molar-refractivity contribution >= 4 is 11.8 Å². The van der Waals surface area contributed by atoms with E-state index in [1.54, 1.807) is 0 Å². The molecular formula is C14H23NS. The van der Waals surface area contributed by atoms with Gasteiger partial charge >= 0.3 is 0 Å². The van der Waals surface area contributed by atoms with Crippen LogP contribution < -0.4 is 5.32 Å². The summed E-state index contributed by atoms with van der Waals surface area (Å²) in [6, 6.07) is 9.77. The van der Waals surface area contributed by atoms with Crippen LogP contribution in [0.5, 0.6) is 0 Å². The minimum Gasteiger partial charge on any atom is -0.308 e. The molecule has 0 heterocycles. The first-order valence-electron chi connectivity index (χ1n) is 5.95. The minimum absolute atomic E-state index is 0.441. The van der Waals surface area contributed by atoms with Gasteiger partial charge in [0.15, 0.2) is 0 Å². The molecule has 2 heteroatoms. The number of benzene rings is 1. The van der Waals surface area contributed by atoms with Gasteiger partial charge in [-0.1, -0.05) is 29.8 Å². The molecule has 0 saturated carbocycles. The van der Waals surface area contributed by atoms with Gasteiger partial charge in [0.2, 0.25) is 0 Å². The van der Waals surface area contributed by atoms with Crippen molar-refractivity contribution in [2.75, 3.05) is 12.0 Å². The molecule has 0 radical (unpaired) electrons. The average Bonchev–Trinajstić information content (AvgIpc) is 2.26. The van der Waals surface area contributed by atoms with Crippen molar-refractivity contribution in [3.05, 3.63) is 35.4 Å². The van der Waals surface area contributed by atoms with Crippen molar-refractivity contribution in [1.29, 1.82) is 0 Å². The molecule has 1 aromatic rings. The lowest BCUT2D eigenvalue weighted by Crippen LogP contribution is -2.29. The van der Waals surface area contributed by atoms with Crippen molar-refractivity contribution in [2.45, 2.75) is 39.3 Å². The van der Waals surface area contributed by atoms with Gasteiger partial charge in [-0.25, -0.2) is 0 Å². The van der Waals surface area contributed by atoms with E-state index in [-0.39, 0.29) is 0 Å². The molecule has 2 atom stereocenters. The summed E-state index contributed by atoms with van der Waals surface area (Å²) in [5.74, 6) is 1.23. The molecule has 0 spiro atoms. The van der Waals surface area contributed by atoms with Crippen molar-refractivity contribution in [2.24, 2.45) is 0 Å². The highest BCUT2D eigenvalue weighted by molar-refractivity contribution is 7.98. The number of aryl methyl sites for hydroxylation is 1. The first-order valence-corrected chi connectivity index (χ1v) is 7.34. The maximum Gasteiger partial charge on any atom is 0.0294 e. The van der Waals surface area contributed by atoms with E-state index in [0.717, 1.165) is 0 Å². The van der Waals surface area contributed by atoms with Crippen molar-refractivity contribution in [3.8, 4) is 0 Å². The monoisotopic (exact) mass is 237 g/mol. The Morgan fingerprint density at radius 1 is 1.31 bits per heavy atom. The number of hydrogen-bond acceptors (Lipinski definition) is 2. The standard InChI is InChI=1S/C14H23NS/c1-11-6-5-7-14(10-11)13(3)15-12(2)8-9-16-4/h5-7,10,12-13,15H,8-9H2,1-4H3. The van der Waals surface area contributed by atoms with Gasteiger partial charge in [-0.3, -0.25) is 0 Å². The third-order valence-corrected chi connectivity index (χ3v) is 3.48. The summed E-state index contributed by atoms with van der Waals surface area (Å²) in [6.07, 6.45) is 3.40. The van der Waals surface area contributed by atoms with Gasteiger partial charge in [-0.2, -0.15) is 11.8 Å². The molecule has 1 rings (SSSR count). The number of nitrogens with one attached hydrogen (secondary N) is 1. The van der Waals surface area contributed by atoms with Gasteiger partial charge in [-0.15, -0.1) is 0 Å². The van der Waals surface area contributed by atoms with Crippen LogP contribution >= 0.6 is 11.8 Å². The SMILES string of the molecule is CSCCC(C)NC(C)c1cccc(C)c1. The summed E-state index contributed by atoms with van der Waals surface area (Å²) in [5, 5.41) is 3.64. The number of thioether (sulfide) groups is 1. The molecule has 0 aliphatic heterocycles. The molecule has 0 aromatic heterocycles. The lowest BCUT2D eigenvalue weighted by atomic mass is 10.0. The van der Waals surface area contributed by atoms with E-state index in [1.165, 1.54) is 23.3 Å². The zero-order chi connectivity index (χ0) is 12.0. The molecule has 0 saturated heterocycles. The number of rotatable bonds is 6. The molecule has 90 valence electrons. The molecule has 1 aromatic carbocycles. The Kier molecular flexibility index (Phi) is 5.93. The molecule has 16 heavy (non-hydrogen) atoms. The van der Waals surface area contributed by atoms with Crippen LogP contribution in [-0.4, -0.2) is 18.1 Å². The lowest BCUT2D eigenvalue weighted by molar-refractivity contribution is 0.471. The van der Waals surface area contributed by atoms with Crippen molar-refractivity contribution in [3.63, 3.8) is 0 Å². The quantitative estimate of drug-likeness (QED) is 0.808. The van der Waals surface area contributed by atoms with Gasteiger partial charge in [0, 0.05) is 12.1 Å². The van der Waals surface area contributed by atoms with Crippen molar-refractivity contribution < 1.29 is 0 Å². The van der Waals surface area contributed by atoms with Gasteiger partial charge in [0.05, 0.1) is 0 Å². The molecule has 1 N–H and O–H groups in total. The fourth-order valence-electron chi connectivity index (χ4n) is 1.84. The van der Waals surface area contributed by atoms with Crippen LogP contribution in [0.2, 0.25) is 0 Å². The third-order valence-electron chi connectivity index (χ3n) is 2.83. The molecule has 0 amide bonds. The lowest BCUT2D eigenvalue weighted by Gasteiger charge is -2.20. The van der Waals surface area contributed by atoms with E-state index in [2.05, 4.69) is 56.6 Å². The average molecular weight is 237 g/mol. The molecular weight excluding hydrogens is 214 g/mol. The van der Waals surface area contributed by atoms with E-state index >= 15 is 0 Å². The van der Waals surface area contributed by atoms with Gasteiger partial charge in [0.25, 0.3) is 0 Å². The van der Waals surface area contributed by atoms with Gasteiger partial charge < -0.3 is 5.32 Å². The van der Waals surface area contributed by atoms with Crippen LogP contribution in [0.3, 0.4) is 0 Å². The van der Waals surface area contributed by atoms with Crippen molar-refractivity contribution in [1.82, 2.24) is 5.32 Å². The molecule has 2 unspecified atom stereocenters. The van der Waals surface area contributed by atoms with Crippen LogP contribution in [0.4, 0.5) is 0 Å². The molecule has 0 aliphatic carbocycles. The van der Waals surface area contributed by atoms with Crippen LogP contribution in [0.25, 0.3) is 0 Å². The van der Waals surface area contributed by atoms with Gasteiger partial charge in [0.1, 0.15) is 0 Å². The minimum atomic E-state index is 0.441. The van der Waals surface area contributed by atoms with Gasteiger partial charge in [-0.05, 0) is 44.8 Å². The Labute approximate surface area is 104 Å². The third kappa shape index (κ3) is 4.58. The van der Waals surface area contributed by atoms with E-state index in [0.29, 0.717) is 12.1 Å². The molecule has 0 aliphatic rings. The predicted octanol–water partition coefficient (Wildman–Crippen LogP) is 3.79. The Bertz CT molecular complexity index is 311. The predicted molar refractivity (Wildman–Crippen MR) is 75.2 cm³/mol. The second kappa shape index (κ2) is 6.97. The summed E-state index contributed by atoms with van der Waals surface area (Å²) in [6.45, 7) is 6.65. The molecule has 0 bridgehead atoms. The summed E-state index contributed by atoms with van der Waals surface area (Å²) in [5.41, 5.74) is 2.72. The first-order chi connectivity index (χ1) is 7.63. The highest BCUT2D eigenvalue weighted by Gasteiger charge is 2.08. The molecule has 0 fully saturated rings. The first kappa shape index (κ1) is 13.6. The van der Waals surface area contributed by atoms with E-state index in [4.69, 9.17) is 0 Å². The summed E-state index contributed by atoms with van der Waals surface area (Å²) >= 11 is 1.92. The summed E-state index contributed by atoms with van der Waals surface area (Å²) in [4.78, 5) is 0. The largest absolute Gasteiger partial charge is 0.308 e. The highest BCUT2D eigenvalue weighted by Crippen LogP contribution is 2.15. The van der Waals surface area contributed by atoms with E-state index in [9.17, 15) is 0 Å². The molecule has 1 nitrogen and oxygen atoms in total. The Balaban J connectivity index is 2.48. The number of hydrogen-bond donors (Lipinski definition) is 1. The summed E-state index contributed by atoms with van der Waals surface area (Å²) < 4.78 is 0. The zero-order valence-corrected chi connectivity index (χ0v) is 11.6. The Morgan fingerprint density at radius 2 is 2.06 bits per heavy atom.